The van der Waals surface area contributed by atoms with Gasteiger partial charge in [-0.15, -0.1) is 0 Å². The number of hydrogen-bond acceptors (Lipinski definition) is 4. The van der Waals surface area contributed by atoms with Crippen LogP contribution in [0.25, 0.3) is 22.3 Å². The molecule has 10 heteroatoms. The number of nitrogens with one attached hydrogen (secondary N) is 1. The zero-order valence-electron chi connectivity index (χ0n) is 18.2. The Morgan fingerprint density at radius 3 is 2.47 bits per heavy atom. The van der Waals surface area contributed by atoms with Gasteiger partial charge in [0.15, 0.2) is 12.3 Å². The minimum absolute atomic E-state index is 0.0802. The maximum atomic E-state index is 14.3. The summed E-state index contributed by atoms with van der Waals surface area (Å²) in [7, 11) is 1.40. The Morgan fingerprint density at radius 2 is 1.79 bits per heavy atom. The van der Waals surface area contributed by atoms with Gasteiger partial charge in [0.1, 0.15) is 11.5 Å². The number of rotatable bonds is 6. The molecule has 0 aliphatic carbocycles. The van der Waals surface area contributed by atoms with E-state index in [-0.39, 0.29) is 28.3 Å². The molecule has 2 heterocycles. The largest absolute Gasteiger partial charge is 0.467 e. The van der Waals surface area contributed by atoms with Gasteiger partial charge in [0.25, 0.3) is 5.91 Å². The fraction of sp³-hybridized carbons (Fsp3) is 0.208. The van der Waals surface area contributed by atoms with Gasteiger partial charge in [0.2, 0.25) is 5.88 Å². The van der Waals surface area contributed by atoms with Gasteiger partial charge < -0.3 is 10.1 Å². The van der Waals surface area contributed by atoms with Crippen molar-refractivity contribution in [3.05, 3.63) is 77.6 Å². The molecule has 0 radical (unpaired) electrons. The summed E-state index contributed by atoms with van der Waals surface area (Å²) >= 11 is 0. The van der Waals surface area contributed by atoms with Crippen molar-refractivity contribution in [1.29, 1.82) is 0 Å². The van der Waals surface area contributed by atoms with Crippen LogP contribution in [0.4, 0.5) is 17.6 Å². The normalized spacial score (nSPS) is 12.5. The van der Waals surface area contributed by atoms with Crippen LogP contribution in [0.3, 0.4) is 0 Å². The molecule has 6 nitrogen and oxygen atoms in total. The Bertz CT molecular complexity index is 1340. The Labute approximate surface area is 192 Å². The molecule has 0 spiro atoms. The van der Waals surface area contributed by atoms with Crippen molar-refractivity contribution in [1.82, 2.24) is 20.1 Å². The van der Waals surface area contributed by atoms with E-state index in [2.05, 4.69) is 15.4 Å². The average Bonchev–Trinajstić information content (AvgIpc) is 3.13. The van der Waals surface area contributed by atoms with E-state index in [1.165, 1.54) is 25.2 Å². The molecule has 0 aliphatic rings. The van der Waals surface area contributed by atoms with E-state index in [0.717, 1.165) is 16.3 Å². The van der Waals surface area contributed by atoms with Crippen LogP contribution in [-0.2, 0) is 18.0 Å². The first-order chi connectivity index (χ1) is 16.1. The van der Waals surface area contributed by atoms with Crippen LogP contribution >= 0.6 is 0 Å². The molecule has 1 N–H and O–H groups in total. The molecule has 0 bridgehead atoms. The lowest BCUT2D eigenvalue weighted by atomic mass is 10.0. The summed E-state index contributed by atoms with van der Waals surface area (Å²) in [6, 6.07) is 15.0. The van der Waals surface area contributed by atoms with Gasteiger partial charge in [0.05, 0.1) is 17.0 Å². The number of fused-ring (bicyclic) bond motifs is 1. The second-order valence-corrected chi connectivity index (χ2v) is 7.65. The minimum atomic E-state index is -4.80. The molecular weight excluding hydrogens is 452 g/mol. The second-order valence-electron chi connectivity index (χ2n) is 7.65. The van der Waals surface area contributed by atoms with Gasteiger partial charge in [-0.2, -0.15) is 23.3 Å². The van der Waals surface area contributed by atoms with Crippen molar-refractivity contribution in [2.45, 2.75) is 19.1 Å². The van der Waals surface area contributed by atoms with E-state index in [1.807, 2.05) is 30.3 Å². The van der Waals surface area contributed by atoms with Crippen molar-refractivity contribution in [3.63, 3.8) is 0 Å². The van der Waals surface area contributed by atoms with Gasteiger partial charge >= 0.3 is 6.18 Å². The SMILES string of the molecule is CC(NC(=O)COc1cc(C(F)(F)F)c2c(-c3ccccc3F)nn(C)c2n1)c1ccccc1. The number of benzene rings is 2. The van der Waals surface area contributed by atoms with Gasteiger partial charge in [-0.25, -0.2) is 9.07 Å². The molecule has 2 aromatic heterocycles. The predicted molar refractivity (Wildman–Crippen MR) is 117 cm³/mol. The van der Waals surface area contributed by atoms with E-state index < -0.39 is 36.0 Å². The molecule has 1 atom stereocenters. The summed E-state index contributed by atoms with van der Waals surface area (Å²) in [5, 5.41) is 6.45. The Balaban J connectivity index is 1.64. The number of alkyl halides is 3. The van der Waals surface area contributed by atoms with Gasteiger partial charge in [0, 0.05) is 18.7 Å². The summed E-state index contributed by atoms with van der Waals surface area (Å²) in [4.78, 5) is 16.4. The predicted octanol–water partition coefficient (Wildman–Crippen LogP) is 5.05. The summed E-state index contributed by atoms with van der Waals surface area (Å²) < 4.78 is 62.7. The molecule has 4 aromatic rings. The lowest BCUT2D eigenvalue weighted by Crippen LogP contribution is -2.31. The zero-order chi connectivity index (χ0) is 24.5. The number of aromatic nitrogens is 3. The third-order valence-electron chi connectivity index (χ3n) is 5.23. The number of carbonyl (C=O) groups is 1. The van der Waals surface area contributed by atoms with Crippen LogP contribution in [0.15, 0.2) is 60.7 Å². The average molecular weight is 472 g/mol. The van der Waals surface area contributed by atoms with E-state index in [1.54, 1.807) is 6.92 Å². The molecule has 1 amide bonds. The van der Waals surface area contributed by atoms with Crippen molar-refractivity contribution < 1.29 is 27.1 Å². The number of halogens is 4. The standard InChI is InChI=1S/C24H20F4N4O2/c1-14(15-8-4-3-5-9-15)29-19(33)13-34-20-12-17(24(26,27)28)21-22(31-32(2)23(21)30-20)16-10-6-7-11-18(16)25/h3-12,14H,13H2,1-2H3,(H,29,33). The summed E-state index contributed by atoms with van der Waals surface area (Å²) in [6.45, 7) is 1.24. The topological polar surface area (TPSA) is 69.0 Å². The molecule has 0 aliphatic heterocycles. The zero-order valence-corrected chi connectivity index (χ0v) is 18.2. The third-order valence-corrected chi connectivity index (χ3v) is 5.23. The van der Waals surface area contributed by atoms with Gasteiger partial charge in [-0.05, 0) is 24.6 Å². The molecule has 4 rings (SSSR count). The number of carbonyl (C=O) groups excluding carboxylic acids is 1. The Morgan fingerprint density at radius 1 is 1.12 bits per heavy atom. The summed E-state index contributed by atoms with van der Waals surface area (Å²) in [6.07, 6.45) is -4.80. The minimum Gasteiger partial charge on any atom is -0.467 e. The van der Waals surface area contributed by atoms with E-state index in [9.17, 15) is 22.4 Å². The highest BCUT2D eigenvalue weighted by Gasteiger charge is 2.37. The van der Waals surface area contributed by atoms with Crippen molar-refractivity contribution in [2.24, 2.45) is 7.05 Å². The molecule has 1 unspecified atom stereocenters. The first-order valence-corrected chi connectivity index (χ1v) is 10.3. The lowest BCUT2D eigenvalue weighted by molar-refractivity contribution is -0.136. The van der Waals surface area contributed by atoms with Crippen LogP contribution in [0, 0.1) is 5.82 Å². The van der Waals surface area contributed by atoms with E-state index in [4.69, 9.17) is 4.74 Å². The van der Waals surface area contributed by atoms with Crippen LogP contribution in [0.1, 0.15) is 24.1 Å². The number of aryl methyl sites for hydroxylation is 1. The highest BCUT2D eigenvalue weighted by atomic mass is 19.4. The molecule has 0 saturated heterocycles. The van der Waals surface area contributed by atoms with Crippen molar-refractivity contribution in [2.75, 3.05) is 6.61 Å². The van der Waals surface area contributed by atoms with E-state index >= 15 is 0 Å². The van der Waals surface area contributed by atoms with Crippen LogP contribution in [0.2, 0.25) is 0 Å². The number of hydrogen-bond donors (Lipinski definition) is 1. The van der Waals surface area contributed by atoms with Gasteiger partial charge in [-0.3, -0.25) is 4.79 Å². The second kappa shape index (κ2) is 9.12. The highest BCUT2D eigenvalue weighted by molar-refractivity contribution is 5.95. The van der Waals surface area contributed by atoms with Crippen LogP contribution < -0.4 is 10.1 Å². The molecule has 0 saturated carbocycles. The van der Waals surface area contributed by atoms with Crippen molar-refractivity contribution >= 4 is 16.9 Å². The Kier molecular flexibility index (Phi) is 6.23. The molecule has 34 heavy (non-hydrogen) atoms. The Hall–Kier alpha value is -3.95. The first-order valence-electron chi connectivity index (χ1n) is 10.3. The maximum Gasteiger partial charge on any atom is 0.417 e. The molecule has 0 fully saturated rings. The number of ether oxygens (including phenoxy) is 1. The number of pyridine rings is 1. The monoisotopic (exact) mass is 472 g/mol. The third kappa shape index (κ3) is 4.70. The highest BCUT2D eigenvalue weighted by Crippen LogP contribution is 2.40. The first kappa shape index (κ1) is 23.2. The quantitative estimate of drug-likeness (QED) is 0.399. The molecule has 176 valence electrons. The number of amides is 1. The smallest absolute Gasteiger partial charge is 0.417 e. The molecule has 2 aromatic carbocycles. The fourth-order valence-corrected chi connectivity index (χ4v) is 3.61. The molecular formula is C24H20F4N4O2. The van der Waals surface area contributed by atoms with E-state index in [0.29, 0.717) is 6.07 Å². The maximum absolute atomic E-state index is 14.3. The summed E-state index contributed by atoms with van der Waals surface area (Å²) in [5.41, 5.74) is -0.636. The van der Waals surface area contributed by atoms with Gasteiger partial charge in [-0.1, -0.05) is 42.5 Å². The number of nitrogens with zero attached hydrogens (tertiary/aromatic N) is 3. The fourth-order valence-electron chi connectivity index (χ4n) is 3.61. The van der Waals surface area contributed by atoms with Crippen LogP contribution in [-0.4, -0.2) is 27.3 Å². The summed E-state index contributed by atoms with van der Waals surface area (Å²) in [5.74, 6) is -1.63. The van der Waals surface area contributed by atoms with Crippen LogP contribution in [0.5, 0.6) is 5.88 Å². The lowest BCUT2D eigenvalue weighted by Gasteiger charge is -2.15. The van der Waals surface area contributed by atoms with Crippen molar-refractivity contribution in [3.8, 4) is 17.1 Å².